The van der Waals surface area contributed by atoms with Crippen LogP contribution in [0.15, 0.2) is 83.8 Å². The Morgan fingerprint density at radius 3 is 1.93 bits per heavy atom. The molecule has 0 aromatic heterocycles. The van der Waals surface area contributed by atoms with Crippen LogP contribution in [-0.2, 0) is 31.6 Å². The van der Waals surface area contributed by atoms with Crippen LogP contribution in [0.1, 0.15) is 18.1 Å². The van der Waals surface area contributed by atoms with Crippen molar-refractivity contribution in [2.24, 2.45) is 0 Å². The normalized spacial score (nSPS) is 13.5. The minimum Gasteiger partial charge on any atom is -0.458 e. The van der Waals surface area contributed by atoms with Crippen LogP contribution >= 0.6 is 0 Å². The average molecular weight is 410 g/mol. The molecule has 0 bridgehead atoms. The van der Waals surface area contributed by atoms with E-state index in [9.17, 15) is 18.3 Å². The van der Waals surface area contributed by atoms with Gasteiger partial charge in [0.05, 0.1) is 4.90 Å². The number of hydrogen-bond donors (Lipinski definition) is 1. The van der Waals surface area contributed by atoms with Crippen molar-refractivity contribution in [1.82, 2.24) is 0 Å². The Kier molecular flexibility index (Phi) is 5.86. The standard InChI is InChI=1S/C23H22O5S/c1-23(25,22(24)28-16-17-6-4-3-5-7-17)20-12-8-18(9-13-20)19-10-14-21(15-11-19)29(2,26)27/h3-15,25H,16H2,1-2H3. The monoisotopic (exact) mass is 410 g/mol. The van der Waals surface area contributed by atoms with Gasteiger partial charge >= 0.3 is 5.97 Å². The summed E-state index contributed by atoms with van der Waals surface area (Å²) in [5.74, 6) is -0.730. The van der Waals surface area contributed by atoms with Gasteiger partial charge in [0.25, 0.3) is 0 Å². The Labute approximate surface area is 170 Å². The van der Waals surface area contributed by atoms with E-state index in [0.717, 1.165) is 22.9 Å². The first-order valence-corrected chi connectivity index (χ1v) is 10.9. The van der Waals surface area contributed by atoms with Gasteiger partial charge < -0.3 is 9.84 Å². The summed E-state index contributed by atoms with van der Waals surface area (Å²) in [6, 6.07) is 22.6. The van der Waals surface area contributed by atoms with Crippen molar-refractivity contribution < 1.29 is 23.1 Å². The summed E-state index contributed by atoms with van der Waals surface area (Å²) >= 11 is 0. The topological polar surface area (TPSA) is 80.7 Å². The van der Waals surface area contributed by atoms with Crippen LogP contribution in [0.25, 0.3) is 11.1 Å². The number of carbonyl (C=O) groups excluding carboxylic acids is 1. The van der Waals surface area contributed by atoms with Crippen molar-refractivity contribution in [3.63, 3.8) is 0 Å². The molecule has 6 heteroatoms. The second kappa shape index (κ2) is 8.19. The van der Waals surface area contributed by atoms with Crippen molar-refractivity contribution in [1.29, 1.82) is 0 Å². The van der Waals surface area contributed by atoms with E-state index >= 15 is 0 Å². The fourth-order valence-electron chi connectivity index (χ4n) is 2.86. The average Bonchev–Trinajstić information content (AvgIpc) is 2.72. The van der Waals surface area contributed by atoms with Gasteiger partial charge in [-0.3, -0.25) is 0 Å². The Bertz CT molecular complexity index is 1080. The summed E-state index contributed by atoms with van der Waals surface area (Å²) in [5, 5.41) is 10.7. The summed E-state index contributed by atoms with van der Waals surface area (Å²) in [6.45, 7) is 1.48. The van der Waals surface area contributed by atoms with Crippen molar-refractivity contribution in [2.45, 2.75) is 24.0 Å². The molecule has 0 spiro atoms. The lowest BCUT2D eigenvalue weighted by Gasteiger charge is -2.22. The van der Waals surface area contributed by atoms with Crippen LogP contribution in [0.2, 0.25) is 0 Å². The zero-order valence-corrected chi connectivity index (χ0v) is 17.0. The highest BCUT2D eigenvalue weighted by atomic mass is 32.2. The van der Waals surface area contributed by atoms with Gasteiger partial charge in [-0.05, 0) is 41.3 Å². The maximum atomic E-state index is 12.4. The number of carbonyl (C=O) groups is 1. The smallest absolute Gasteiger partial charge is 0.342 e. The quantitative estimate of drug-likeness (QED) is 0.627. The maximum absolute atomic E-state index is 12.4. The van der Waals surface area contributed by atoms with Gasteiger partial charge in [-0.1, -0.05) is 66.7 Å². The molecule has 1 atom stereocenters. The lowest BCUT2D eigenvalue weighted by atomic mass is 9.94. The molecule has 1 unspecified atom stereocenters. The van der Waals surface area contributed by atoms with Crippen molar-refractivity contribution in [3.05, 3.63) is 90.0 Å². The molecule has 0 heterocycles. The van der Waals surface area contributed by atoms with Crippen molar-refractivity contribution in [3.8, 4) is 11.1 Å². The predicted octanol–water partition coefficient (Wildman–Crippen LogP) is 3.71. The first kappa shape index (κ1) is 20.8. The van der Waals surface area contributed by atoms with Crippen molar-refractivity contribution in [2.75, 3.05) is 6.26 Å². The highest BCUT2D eigenvalue weighted by Crippen LogP contribution is 2.27. The molecule has 5 nitrogen and oxygen atoms in total. The molecule has 0 aliphatic carbocycles. The van der Waals surface area contributed by atoms with E-state index < -0.39 is 21.4 Å². The van der Waals surface area contributed by atoms with Crippen LogP contribution in [-0.4, -0.2) is 25.7 Å². The number of sulfone groups is 1. The van der Waals surface area contributed by atoms with E-state index in [2.05, 4.69) is 0 Å². The van der Waals surface area contributed by atoms with Crippen LogP contribution < -0.4 is 0 Å². The van der Waals surface area contributed by atoms with E-state index in [0.29, 0.717) is 5.56 Å². The molecule has 0 radical (unpaired) electrons. The van der Waals surface area contributed by atoms with Crippen LogP contribution in [0, 0.1) is 0 Å². The lowest BCUT2D eigenvalue weighted by Crippen LogP contribution is -2.34. The Morgan fingerprint density at radius 2 is 1.41 bits per heavy atom. The van der Waals surface area contributed by atoms with E-state index in [-0.39, 0.29) is 11.5 Å². The molecule has 0 fully saturated rings. The zero-order valence-electron chi connectivity index (χ0n) is 16.2. The van der Waals surface area contributed by atoms with Gasteiger partial charge in [0, 0.05) is 6.26 Å². The number of hydrogen-bond acceptors (Lipinski definition) is 5. The predicted molar refractivity (Wildman–Crippen MR) is 111 cm³/mol. The molecule has 1 N–H and O–H groups in total. The fraction of sp³-hybridized carbons (Fsp3) is 0.174. The third-order valence-corrected chi connectivity index (χ3v) is 5.80. The van der Waals surface area contributed by atoms with Crippen molar-refractivity contribution >= 4 is 15.8 Å². The molecule has 0 amide bonds. The fourth-order valence-corrected chi connectivity index (χ4v) is 3.49. The zero-order chi connectivity index (χ0) is 21.1. The molecule has 3 rings (SSSR count). The summed E-state index contributed by atoms with van der Waals surface area (Å²) in [6.07, 6.45) is 1.16. The molecule has 3 aromatic carbocycles. The molecule has 0 aliphatic rings. The SMILES string of the molecule is CC(O)(C(=O)OCc1ccccc1)c1ccc(-c2ccc(S(C)(=O)=O)cc2)cc1. The minimum absolute atomic E-state index is 0.0839. The highest BCUT2D eigenvalue weighted by molar-refractivity contribution is 7.90. The Balaban J connectivity index is 1.73. The summed E-state index contributed by atoms with van der Waals surface area (Å²) in [4.78, 5) is 12.6. The molecular formula is C23H22O5S. The first-order chi connectivity index (χ1) is 13.7. The molecule has 0 saturated carbocycles. The molecule has 3 aromatic rings. The number of aliphatic hydroxyl groups is 1. The Hall–Kier alpha value is -2.96. The molecule has 29 heavy (non-hydrogen) atoms. The van der Waals surface area contributed by atoms with Gasteiger partial charge in [0.2, 0.25) is 0 Å². The molecule has 150 valence electrons. The third kappa shape index (κ3) is 4.91. The number of esters is 1. The summed E-state index contributed by atoms with van der Waals surface area (Å²) in [7, 11) is -3.25. The molecular weight excluding hydrogens is 388 g/mol. The van der Waals surface area contributed by atoms with E-state index in [1.165, 1.54) is 6.92 Å². The number of rotatable bonds is 6. The molecule has 0 saturated heterocycles. The van der Waals surface area contributed by atoms with E-state index in [1.807, 2.05) is 30.3 Å². The van der Waals surface area contributed by atoms with Crippen LogP contribution in [0.4, 0.5) is 0 Å². The first-order valence-electron chi connectivity index (χ1n) is 9.02. The Morgan fingerprint density at radius 1 is 0.897 bits per heavy atom. The van der Waals surface area contributed by atoms with Gasteiger partial charge in [-0.25, -0.2) is 13.2 Å². The van der Waals surface area contributed by atoms with Crippen LogP contribution in [0.5, 0.6) is 0 Å². The molecule has 0 aliphatic heterocycles. The summed E-state index contributed by atoms with van der Waals surface area (Å²) in [5.41, 5.74) is 1.13. The third-order valence-electron chi connectivity index (χ3n) is 4.67. The van der Waals surface area contributed by atoms with Gasteiger partial charge in [0.1, 0.15) is 6.61 Å². The van der Waals surface area contributed by atoms with Gasteiger partial charge in [-0.15, -0.1) is 0 Å². The van der Waals surface area contributed by atoms with E-state index in [4.69, 9.17) is 4.74 Å². The number of benzene rings is 3. The number of ether oxygens (including phenoxy) is 1. The van der Waals surface area contributed by atoms with E-state index in [1.54, 1.807) is 48.5 Å². The van der Waals surface area contributed by atoms with Gasteiger partial charge in [-0.2, -0.15) is 0 Å². The second-order valence-corrected chi connectivity index (χ2v) is 9.02. The lowest BCUT2D eigenvalue weighted by molar-refractivity contribution is -0.166. The maximum Gasteiger partial charge on any atom is 0.342 e. The summed E-state index contributed by atoms with van der Waals surface area (Å²) < 4.78 is 28.4. The van der Waals surface area contributed by atoms with Gasteiger partial charge in [0.15, 0.2) is 15.4 Å². The van der Waals surface area contributed by atoms with Crippen LogP contribution in [0.3, 0.4) is 0 Å². The largest absolute Gasteiger partial charge is 0.458 e. The highest BCUT2D eigenvalue weighted by Gasteiger charge is 2.34. The second-order valence-electron chi connectivity index (χ2n) is 7.01. The minimum atomic E-state index is -3.25.